The van der Waals surface area contributed by atoms with Gasteiger partial charge in [-0.1, -0.05) is 6.07 Å². The molecule has 172 valence electrons. The van der Waals surface area contributed by atoms with Gasteiger partial charge in [0.1, 0.15) is 17.1 Å². The van der Waals surface area contributed by atoms with Crippen LogP contribution in [0, 0.1) is 13.8 Å². The summed E-state index contributed by atoms with van der Waals surface area (Å²) in [7, 11) is 3.23. The van der Waals surface area contributed by atoms with Crippen LogP contribution in [0.4, 0.5) is 0 Å². The predicted octanol–water partition coefficient (Wildman–Crippen LogP) is 2.78. The molecule has 0 unspecified atom stereocenters. The molecule has 3 heterocycles. The number of ether oxygens (including phenoxy) is 2. The number of pyridine rings is 1. The highest BCUT2D eigenvalue weighted by Crippen LogP contribution is 2.27. The summed E-state index contributed by atoms with van der Waals surface area (Å²) in [5.41, 5.74) is 4.83. The van der Waals surface area contributed by atoms with E-state index in [-0.39, 0.29) is 11.5 Å². The molecule has 32 heavy (non-hydrogen) atoms. The largest absolute Gasteiger partial charge is 0.496 e. The van der Waals surface area contributed by atoms with Gasteiger partial charge in [-0.05, 0) is 49.4 Å². The number of benzene rings is 1. The molecule has 0 atom stereocenters. The van der Waals surface area contributed by atoms with Gasteiger partial charge in [0, 0.05) is 57.4 Å². The second-order valence-corrected chi connectivity index (χ2v) is 8.80. The summed E-state index contributed by atoms with van der Waals surface area (Å²) in [6.45, 7) is 8.58. The molecule has 0 radical (unpaired) electrons. The minimum absolute atomic E-state index is 0.0156. The Morgan fingerprint density at radius 2 is 1.62 bits per heavy atom. The second kappa shape index (κ2) is 9.36. The molecule has 1 aromatic carbocycles. The Kier molecular flexibility index (Phi) is 6.55. The molecule has 0 aliphatic carbocycles. The van der Waals surface area contributed by atoms with E-state index in [9.17, 15) is 9.59 Å². The third kappa shape index (κ3) is 4.26. The SMILES string of the molecule is COc1cc(C)c(CN2CCc3c(C(=O)N4CCCC4)c(OC)cc(=O)n3CC2)cc1C. The average Bonchev–Trinajstić information content (AvgIpc) is 3.24. The maximum atomic E-state index is 13.3. The molecule has 0 bridgehead atoms. The van der Waals surface area contributed by atoms with Crippen LogP contribution < -0.4 is 15.0 Å². The lowest BCUT2D eigenvalue weighted by Crippen LogP contribution is -2.33. The van der Waals surface area contributed by atoms with Crippen LogP contribution in [0.3, 0.4) is 0 Å². The van der Waals surface area contributed by atoms with E-state index in [0.717, 1.165) is 62.6 Å². The second-order valence-electron chi connectivity index (χ2n) is 8.80. The Balaban J connectivity index is 1.62. The predicted molar refractivity (Wildman–Crippen MR) is 124 cm³/mol. The number of amides is 1. The number of rotatable bonds is 5. The maximum Gasteiger partial charge on any atom is 0.259 e. The molecule has 4 rings (SSSR count). The highest BCUT2D eigenvalue weighted by atomic mass is 16.5. The molecule has 1 aromatic heterocycles. The van der Waals surface area contributed by atoms with E-state index in [2.05, 4.69) is 30.9 Å². The minimum atomic E-state index is -0.104. The molecule has 1 fully saturated rings. The molecule has 0 saturated carbocycles. The summed E-state index contributed by atoms with van der Waals surface area (Å²) in [6, 6.07) is 5.74. The summed E-state index contributed by atoms with van der Waals surface area (Å²) in [6.07, 6.45) is 2.68. The summed E-state index contributed by atoms with van der Waals surface area (Å²) in [5, 5.41) is 0. The summed E-state index contributed by atoms with van der Waals surface area (Å²) >= 11 is 0. The average molecular weight is 440 g/mol. The fraction of sp³-hybridized carbons (Fsp3) is 0.520. The van der Waals surface area contributed by atoms with Gasteiger partial charge < -0.3 is 18.9 Å². The van der Waals surface area contributed by atoms with E-state index in [4.69, 9.17) is 9.47 Å². The molecule has 2 aromatic rings. The van der Waals surface area contributed by atoms with Gasteiger partial charge in [-0.15, -0.1) is 0 Å². The number of likely N-dealkylation sites (tertiary alicyclic amines) is 1. The zero-order valence-electron chi connectivity index (χ0n) is 19.6. The van der Waals surface area contributed by atoms with E-state index in [1.807, 2.05) is 4.90 Å². The van der Waals surface area contributed by atoms with Gasteiger partial charge in [0.05, 0.1) is 14.2 Å². The van der Waals surface area contributed by atoms with Crippen LogP contribution in [0.5, 0.6) is 11.5 Å². The van der Waals surface area contributed by atoms with Crippen molar-refractivity contribution < 1.29 is 14.3 Å². The van der Waals surface area contributed by atoms with E-state index < -0.39 is 0 Å². The van der Waals surface area contributed by atoms with Crippen LogP contribution in [0.2, 0.25) is 0 Å². The first kappa shape index (κ1) is 22.4. The molecule has 2 aliphatic rings. The van der Waals surface area contributed by atoms with Gasteiger partial charge in [0.15, 0.2) is 0 Å². The fourth-order valence-electron chi connectivity index (χ4n) is 4.90. The number of carbonyl (C=O) groups excluding carboxylic acids is 1. The smallest absolute Gasteiger partial charge is 0.259 e. The Bertz CT molecular complexity index is 1070. The van der Waals surface area contributed by atoms with Crippen molar-refractivity contribution in [1.82, 2.24) is 14.4 Å². The van der Waals surface area contributed by atoms with Gasteiger partial charge in [-0.2, -0.15) is 0 Å². The van der Waals surface area contributed by atoms with Gasteiger partial charge in [0.2, 0.25) is 0 Å². The number of hydrogen-bond donors (Lipinski definition) is 0. The highest BCUT2D eigenvalue weighted by molar-refractivity contribution is 5.98. The molecule has 7 heteroatoms. The number of fused-ring (bicyclic) bond motifs is 1. The lowest BCUT2D eigenvalue weighted by molar-refractivity contribution is 0.0787. The summed E-state index contributed by atoms with van der Waals surface area (Å²) in [5.74, 6) is 1.28. The Morgan fingerprint density at radius 3 is 2.31 bits per heavy atom. The number of nitrogens with zero attached hydrogens (tertiary/aromatic N) is 3. The first-order chi connectivity index (χ1) is 15.4. The van der Waals surface area contributed by atoms with Gasteiger partial charge in [0.25, 0.3) is 11.5 Å². The van der Waals surface area contributed by atoms with Crippen molar-refractivity contribution in [3.05, 3.63) is 56.5 Å². The lowest BCUT2D eigenvalue weighted by Gasteiger charge is -2.22. The Morgan fingerprint density at radius 1 is 0.906 bits per heavy atom. The number of methoxy groups -OCH3 is 2. The Labute approximate surface area is 189 Å². The molecule has 7 nitrogen and oxygen atoms in total. The molecule has 1 amide bonds. The lowest BCUT2D eigenvalue weighted by atomic mass is 10.0. The summed E-state index contributed by atoms with van der Waals surface area (Å²) < 4.78 is 12.7. The zero-order chi connectivity index (χ0) is 22.8. The van der Waals surface area contributed by atoms with Crippen molar-refractivity contribution in [1.29, 1.82) is 0 Å². The molecule has 0 spiro atoms. The van der Waals surface area contributed by atoms with Crippen molar-refractivity contribution in [2.75, 3.05) is 40.4 Å². The third-order valence-corrected chi connectivity index (χ3v) is 6.76. The molecular weight excluding hydrogens is 406 g/mol. The number of carbonyl (C=O) groups is 1. The van der Waals surface area contributed by atoms with Crippen LogP contribution in [0.25, 0.3) is 0 Å². The topological polar surface area (TPSA) is 64.0 Å². The van der Waals surface area contributed by atoms with Crippen LogP contribution >= 0.6 is 0 Å². The standard InChI is InChI=1S/C25H33N3O4/c1-17-14-21(31-3)18(2)13-19(17)16-26-10-7-20-24(25(30)27-8-5-6-9-27)22(32-4)15-23(29)28(20)12-11-26/h13-15H,5-12,16H2,1-4H3. The Hall–Kier alpha value is -2.80. The van der Waals surface area contributed by atoms with Crippen LogP contribution in [-0.2, 0) is 19.5 Å². The van der Waals surface area contributed by atoms with Gasteiger partial charge >= 0.3 is 0 Å². The maximum absolute atomic E-state index is 13.3. The minimum Gasteiger partial charge on any atom is -0.496 e. The van der Waals surface area contributed by atoms with E-state index in [1.165, 1.54) is 24.3 Å². The van der Waals surface area contributed by atoms with Crippen molar-refractivity contribution in [3.63, 3.8) is 0 Å². The molecule has 1 saturated heterocycles. The molecular formula is C25H33N3O4. The first-order valence-corrected chi connectivity index (χ1v) is 11.4. The first-order valence-electron chi connectivity index (χ1n) is 11.4. The quantitative estimate of drug-likeness (QED) is 0.717. The van der Waals surface area contributed by atoms with Crippen molar-refractivity contribution >= 4 is 5.91 Å². The number of aryl methyl sites for hydroxylation is 2. The fourth-order valence-corrected chi connectivity index (χ4v) is 4.90. The molecule has 0 N–H and O–H groups in total. The number of aromatic nitrogens is 1. The van der Waals surface area contributed by atoms with Crippen molar-refractivity contribution in [3.8, 4) is 11.5 Å². The van der Waals surface area contributed by atoms with Gasteiger partial charge in [-0.25, -0.2) is 0 Å². The van der Waals surface area contributed by atoms with Crippen molar-refractivity contribution in [2.45, 2.75) is 46.2 Å². The molecule has 2 aliphatic heterocycles. The van der Waals surface area contributed by atoms with Crippen LogP contribution in [0.1, 0.15) is 45.6 Å². The monoisotopic (exact) mass is 439 g/mol. The van der Waals surface area contributed by atoms with Crippen molar-refractivity contribution in [2.24, 2.45) is 0 Å². The van der Waals surface area contributed by atoms with Crippen LogP contribution in [-0.4, -0.2) is 60.7 Å². The highest BCUT2D eigenvalue weighted by Gasteiger charge is 2.29. The van der Waals surface area contributed by atoms with E-state index in [0.29, 0.717) is 24.3 Å². The number of hydrogen-bond acceptors (Lipinski definition) is 5. The zero-order valence-corrected chi connectivity index (χ0v) is 19.6. The van der Waals surface area contributed by atoms with Gasteiger partial charge in [-0.3, -0.25) is 14.5 Å². The summed E-state index contributed by atoms with van der Waals surface area (Å²) in [4.78, 5) is 30.4. The van der Waals surface area contributed by atoms with Crippen LogP contribution in [0.15, 0.2) is 23.0 Å². The normalized spacial score (nSPS) is 16.6. The van der Waals surface area contributed by atoms with E-state index in [1.54, 1.807) is 11.7 Å². The third-order valence-electron chi connectivity index (χ3n) is 6.76. The van der Waals surface area contributed by atoms with E-state index >= 15 is 0 Å².